The first-order chi connectivity index (χ1) is 11.1. The lowest BCUT2D eigenvalue weighted by Crippen LogP contribution is -2.21. The van der Waals surface area contributed by atoms with Crippen LogP contribution in [0.5, 0.6) is 0 Å². The predicted octanol–water partition coefficient (Wildman–Crippen LogP) is 4.79. The summed E-state index contributed by atoms with van der Waals surface area (Å²) in [4.78, 5) is 12.0. The molecule has 2 nitrogen and oxygen atoms in total. The molecule has 120 valence electrons. The highest BCUT2D eigenvalue weighted by Gasteiger charge is 2.04. The van der Waals surface area contributed by atoms with Crippen LogP contribution in [0.2, 0.25) is 5.02 Å². The van der Waals surface area contributed by atoms with Gasteiger partial charge in [0.05, 0.1) is 0 Å². The summed E-state index contributed by atoms with van der Waals surface area (Å²) in [6, 6.07) is 13.9. The Balaban J connectivity index is 2.00. The van der Waals surface area contributed by atoms with Gasteiger partial charge in [0.25, 0.3) is 0 Å². The van der Waals surface area contributed by atoms with E-state index in [1.54, 1.807) is 6.08 Å². The molecule has 0 radical (unpaired) electrons. The maximum absolute atomic E-state index is 12.0. The number of carbonyl (C=O) groups is 1. The first-order valence-electron chi connectivity index (χ1n) is 7.95. The van der Waals surface area contributed by atoms with Gasteiger partial charge in [-0.3, -0.25) is 4.79 Å². The molecule has 0 saturated heterocycles. The fourth-order valence-corrected chi connectivity index (χ4v) is 2.62. The Hall–Kier alpha value is -2.06. The van der Waals surface area contributed by atoms with Gasteiger partial charge >= 0.3 is 0 Å². The van der Waals surface area contributed by atoms with E-state index in [2.05, 4.69) is 37.4 Å². The van der Waals surface area contributed by atoms with Gasteiger partial charge in [0.2, 0.25) is 5.91 Å². The first kappa shape index (κ1) is 17.3. The zero-order chi connectivity index (χ0) is 16.7. The summed E-state index contributed by atoms with van der Waals surface area (Å²) in [6.07, 6.45) is 5.22. The second-order valence-corrected chi connectivity index (χ2v) is 5.79. The van der Waals surface area contributed by atoms with Crippen LogP contribution in [0.3, 0.4) is 0 Å². The molecule has 0 bridgehead atoms. The van der Waals surface area contributed by atoms with E-state index in [9.17, 15) is 4.79 Å². The van der Waals surface area contributed by atoms with E-state index in [4.69, 9.17) is 11.6 Å². The predicted molar refractivity (Wildman–Crippen MR) is 97.5 cm³/mol. The third-order valence-corrected chi connectivity index (χ3v) is 4.18. The van der Waals surface area contributed by atoms with Crippen molar-refractivity contribution >= 4 is 23.6 Å². The van der Waals surface area contributed by atoms with Crippen LogP contribution in [-0.2, 0) is 24.2 Å². The van der Waals surface area contributed by atoms with Crippen molar-refractivity contribution in [3.05, 3.63) is 75.8 Å². The molecule has 1 amide bonds. The van der Waals surface area contributed by atoms with Crippen LogP contribution in [0.15, 0.2) is 48.5 Å². The number of nitrogens with one attached hydrogen (secondary N) is 1. The Labute approximate surface area is 143 Å². The topological polar surface area (TPSA) is 29.1 Å². The molecule has 0 heterocycles. The highest BCUT2D eigenvalue weighted by Crippen LogP contribution is 2.16. The Morgan fingerprint density at radius 1 is 1.09 bits per heavy atom. The van der Waals surface area contributed by atoms with Gasteiger partial charge in [-0.15, -0.1) is 0 Å². The molecule has 2 aromatic carbocycles. The zero-order valence-electron chi connectivity index (χ0n) is 13.6. The van der Waals surface area contributed by atoms with E-state index < -0.39 is 0 Å². The molecule has 0 saturated carbocycles. The third-order valence-electron chi connectivity index (χ3n) is 3.83. The van der Waals surface area contributed by atoms with Gasteiger partial charge in [-0.1, -0.05) is 61.8 Å². The van der Waals surface area contributed by atoms with Gasteiger partial charge < -0.3 is 5.32 Å². The maximum Gasteiger partial charge on any atom is 0.244 e. The molecule has 2 rings (SSSR count). The van der Waals surface area contributed by atoms with Crippen LogP contribution < -0.4 is 5.32 Å². The summed E-state index contributed by atoms with van der Waals surface area (Å²) < 4.78 is 0. The molecule has 0 aliphatic carbocycles. The van der Waals surface area contributed by atoms with Crippen molar-refractivity contribution in [2.24, 2.45) is 0 Å². The number of hydrogen-bond acceptors (Lipinski definition) is 1. The molecule has 0 aliphatic heterocycles. The van der Waals surface area contributed by atoms with Gasteiger partial charge in [-0.25, -0.2) is 0 Å². The molecule has 23 heavy (non-hydrogen) atoms. The molecular formula is C20H22ClNO. The van der Waals surface area contributed by atoms with Crippen LogP contribution in [0, 0.1) is 0 Å². The average molecular weight is 328 g/mol. The van der Waals surface area contributed by atoms with E-state index in [0.29, 0.717) is 11.6 Å². The van der Waals surface area contributed by atoms with E-state index >= 15 is 0 Å². The molecule has 0 unspecified atom stereocenters. The first-order valence-corrected chi connectivity index (χ1v) is 8.33. The highest BCUT2D eigenvalue weighted by molar-refractivity contribution is 6.32. The maximum atomic E-state index is 12.0. The van der Waals surface area contributed by atoms with Crippen molar-refractivity contribution in [1.82, 2.24) is 5.32 Å². The van der Waals surface area contributed by atoms with Gasteiger partial charge in [-0.05, 0) is 47.2 Å². The van der Waals surface area contributed by atoms with Crippen molar-refractivity contribution in [3.8, 4) is 0 Å². The number of halogens is 1. The lowest BCUT2D eigenvalue weighted by Gasteiger charge is -2.10. The second-order valence-electron chi connectivity index (χ2n) is 5.38. The molecule has 0 aliphatic rings. The van der Waals surface area contributed by atoms with E-state index in [0.717, 1.165) is 18.4 Å². The number of rotatable bonds is 6. The molecular weight excluding hydrogens is 306 g/mol. The summed E-state index contributed by atoms with van der Waals surface area (Å²) in [6.45, 7) is 4.81. The van der Waals surface area contributed by atoms with Crippen molar-refractivity contribution in [2.45, 2.75) is 33.2 Å². The lowest BCUT2D eigenvalue weighted by atomic mass is 10.0. The SMILES string of the molecule is CCc1ccc(CC)c(CNC(=O)/C=C/c2ccccc2Cl)c1. The molecule has 2 aromatic rings. The Bertz CT molecular complexity index is 707. The van der Waals surface area contributed by atoms with Gasteiger partial charge in [0, 0.05) is 17.6 Å². The smallest absolute Gasteiger partial charge is 0.244 e. The van der Waals surface area contributed by atoms with E-state index in [-0.39, 0.29) is 5.91 Å². The molecule has 0 spiro atoms. The summed E-state index contributed by atoms with van der Waals surface area (Å²) in [5, 5.41) is 3.59. The molecule has 0 fully saturated rings. The normalized spacial score (nSPS) is 10.9. The molecule has 0 aromatic heterocycles. The standard InChI is InChI=1S/C20H22ClNO/c1-3-15-9-10-16(4-2)18(13-15)14-22-20(23)12-11-17-7-5-6-8-19(17)21/h5-13H,3-4,14H2,1-2H3,(H,22,23)/b12-11+. The van der Waals surface area contributed by atoms with E-state index in [1.807, 2.05) is 24.3 Å². The number of benzene rings is 2. The van der Waals surface area contributed by atoms with Crippen LogP contribution in [0.1, 0.15) is 36.1 Å². The largest absolute Gasteiger partial charge is 0.348 e. The zero-order valence-corrected chi connectivity index (χ0v) is 14.4. The number of hydrogen-bond donors (Lipinski definition) is 1. The van der Waals surface area contributed by atoms with Crippen molar-refractivity contribution in [3.63, 3.8) is 0 Å². The third kappa shape index (κ3) is 4.97. The van der Waals surface area contributed by atoms with Crippen LogP contribution >= 0.6 is 11.6 Å². The van der Waals surface area contributed by atoms with Gasteiger partial charge in [-0.2, -0.15) is 0 Å². The van der Waals surface area contributed by atoms with Crippen LogP contribution in [0.25, 0.3) is 6.08 Å². The Kier molecular flexibility index (Phi) is 6.42. The summed E-state index contributed by atoms with van der Waals surface area (Å²) in [5.74, 6) is -0.117. The molecule has 1 N–H and O–H groups in total. The quantitative estimate of drug-likeness (QED) is 0.759. The van der Waals surface area contributed by atoms with Gasteiger partial charge in [0.1, 0.15) is 0 Å². The molecule has 3 heteroatoms. The fraction of sp³-hybridized carbons (Fsp3) is 0.250. The minimum Gasteiger partial charge on any atom is -0.348 e. The highest BCUT2D eigenvalue weighted by atomic mass is 35.5. The summed E-state index contributed by atoms with van der Waals surface area (Å²) in [7, 11) is 0. The minimum absolute atomic E-state index is 0.117. The van der Waals surface area contributed by atoms with Crippen molar-refractivity contribution < 1.29 is 4.79 Å². The number of carbonyl (C=O) groups excluding carboxylic acids is 1. The number of aryl methyl sites for hydroxylation is 2. The minimum atomic E-state index is -0.117. The van der Waals surface area contributed by atoms with Gasteiger partial charge in [0.15, 0.2) is 0 Å². The summed E-state index contributed by atoms with van der Waals surface area (Å²) in [5.41, 5.74) is 4.59. The number of amides is 1. The van der Waals surface area contributed by atoms with Crippen molar-refractivity contribution in [2.75, 3.05) is 0 Å². The average Bonchev–Trinajstić information content (AvgIpc) is 2.58. The van der Waals surface area contributed by atoms with Crippen molar-refractivity contribution in [1.29, 1.82) is 0 Å². The Morgan fingerprint density at radius 3 is 2.57 bits per heavy atom. The van der Waals surface area contributed by atoms with E-state index in [1.165, 1.54) is 22.8 Å². The second kappa shape index (κ2) is 8.54. The molecule has 0 atom stereocenters. The Morgan fingerprint density at radius 2 is 1.87 bits per heavy atom. The lowest BCUT2D eigenvalue weighted by molar-refractivity contribution is -0.116. The van der Waals surface area contributed by atoms with Crippen LogP contribution in [-0.4, -0.2) is 5.91 Å². The monoisotopic (exact) mass is 327 g/mol. The fourth-order valence-electron chi connectivity index (χ4n) is 2.43. The summed E-state index contributed by atoms with van der Waals surface area (Å²) >= 11 is 6.07. The van der Waals surface area contributed by atoms with Crippen LogP contribution in [0.4, 0.5) is 0 Å².